The first-order chi connectivity index (χ1) is 14.9. The van der Waals surface area contributed by atoms with Crippen LogP contribution in [-0.4, -0.2) is 65.1 Å². The third kappa shape index (κ3) is 8.43. The van der Waals surface area contributed by atoms with Gasteiger partial charge >= 0.3 is 0 Å². The zero-order chi connectivity index (χ0) is 22.2. The number of carbonyl (C=O) groups excluding carboxylic acids is 1. The van der Waals surface area contributed by atoms with Gasteiger partial charge in [0.2, 0.25) is 5.91 Å². The number of carbonyl (C=O) groups is 1. The number of hydrogen-bond acceptors (Lipinski definition) is 9. The Morgan fingerprint density at radius 3 is 2.55 bits per heavy atom. The Hall–Kier alpha value is -0.460. The van der Waals surface area contributed by atoms with Gasteiger partial charge in [-0.15, -0.1) is 11.8 Å². The van der Waals surface area contributed by atoms with E-state index < -0.39 is 6.29 Å². The van der Waals surface area contributed by atoms with Gasteiger partial charge < -0.3 is 15.2 Å². The normalized spacial score (nSPS) is 37.5. The lowest BCUT2D eigenvalue weighted by Crippen LogP contribution is -2.64. The molecule has 5 unspecified atom stereocenters. The number of nitrogens with one attached hydrogen (secondary N) is 6. The highest BCUT2D eigenvalue weighted by Gasteiger charge is 2.34. The molecule has 2 heterocycles. The highest BCUT2D eigenvalue weighted by atomic mass is 32.2. The molecule has 9 nitrogen and oxygen atoms in total. The van der Waals surface area contributed by atoms with E-state index in [1.54, 1.807) is 0 Å². The molecule has 31 heavy (non-hydrogen) atoms. The van der Waals surface area contributed by atoms with Crippen molar-refractivity contribution in [3.05, 3.63) is 0 Å². The van der Waals surface area contributed by atoms with Crippen molar-refractivity contribution in [2.24, 2.45) is 0 Å². The molecule has 0 spiro atoms. The van der Waals surface area contributed by atoms with Gasteiger partial charge in [-0.05, 0) is 52.4 Å². The fourth-order valence-corrected chi connectivity index (χ4v) is 6.10. The third-order valence-corrected chi connectivity index (χ3v) is 7.69. The number of amides is 1. The van der Waals surface area contributed by atoms with Crippen molar-refractivity contribution in [1.29, 1.82) is 0 Å². The SMILES string of the molecule is CCOC(O)CC1CC(NC2CC(C)NN2)N[C@@H](SC2CCC(NC(=O)CC)CC2)N1. The van der Waals surface area contributed by atoms with E-state index in [0.717, 1.165) is 38.5 Å². The smallest absolute Gasteiger partial charge is 0.219 e. The number of ether oxygens (including phenoxy) is 1. The summed E-state index contributed by atoms with van der Waals surface area (Å²) in [6.07, 6.45) is 6.98. The van der Waals surface area contributed by atoms with Crippen molar-refractivity contribution in [3.63, 3.8) is 0 Å². The molecular formula is C21H42N6O3S. The third-order valence-electron chi connectivity index (χ3n) is 6.29. The van der Waals surface area contributed by atoms with E-state index in [-0.39, 0.29) is 29.8 Å². The summed E-state index contributed by atoms with van der Waals surface area (Å²) in [5.41, 5.74) is 6.70. The molecule has 0 aromatic heterocycles. The zero-order valence-corrected chi connectivity index (χ0v) is 20.0. The average molecular weight is 459 g/mol. The van der Waals surface area contributed by atoms with Gasteiger partial charge in [0.15, 0.2) is 6.29 Å². The Balaban J connectivity index is 1.50. The van der Waals surface area contributed by atoms with Crippen LogP contribution >= 0.6 is 11.8 Å². The number of aliphatic hydroxyl groups excluding tert-OH is 1. The Morgan fingerprint density at radius 2 is 1.90 bits per heavy atom. The van der Waals surface area contributed by atoms with Gasteiger partial charge in [0.05, 0.1) is 12.3 Å². The molecule has 0 radical (unpaired) electrons. The molecule has 0 aromatic carbocycles. The molecule has 1 amide bonds. The van der Waals surface area contributed by atoms with Crippen molar-refractivity contribution in [1.82, 2.24) is 32.1 Å². The van der Waals surface area contributed by atoms with E-state index in [0.29, 0.717) is 36.8 Å². The minimum atomic E-state index is -0.740. The van der Waals surface area contributed by atoms with Gasteiger partial charge in [0, 0.05) is 42.8 Å². The summed E-state index contributed by atoms with van der Waals surface area (Å²) in [5, 5.41) is 24.9. The molecule has 6 atom stereocenters. The molecule has 3 fully saturated rings. The Morgan fingerprint density at radius 1 is 1.13 bits per heavy atom. The van der Waals surface area contributed by atoms with Gasteiger partial charge in [-0.25, -0.2) is 5.43 Å². The van der Waals surface area contributed by atoms with Crippen LogP contribution in [0.4, 0.5) is 0 Å². The summed E-state index contributed by atoms with van der Waals surface area (Å²) in [4.78, 5) is 11.7. The molecule has 10 heteroatoms. The molecule has 180 valence electrons. The minimum absolute atomic E-state index is 0.114. The van der Waals surface area contributed by atoms with Crippen LogP contribution < -0.4 is 32.1 Å². The number of hydrazine groups is 1. The quantitative estimate of drug-likeness (QED) is 0.237. The van der Waals surface area contributed by atoms with Gasteiger partial charge in [0.1, 0.15) is 5.50 Å². The Kier molecular flexibility index (Phi) is 10.3. The summed E-state index contributed by atoms with van der Waals surface area (Å²) in [7, 11) is 0. The van der Waals surface area contributed by atoms with Crippen LogP contribution in [0.1, 0.15) is 72.1 Å². The van der Waals surface area contributed by atoms with E-state index in [4.69, 9.17) is 4.74 Å². The predicted molar refractivity (Wildman–Crippen MR) is 124 cm³/mol. The molecule has 2 aliphatic heterocycles. The monoisotopic (exact) mass is 458 g/mol. The molecule has 3 aliphatic rings. The van der Waals surface area contributed by atoms with Crippen LogP contribution in [0.15, 0.2) is 0 Å². The van der Waals surface area contributed by atoms with Gasteiger partial charge in [0.25, 0.3) is 0 Å². The maximum atomic E-state index is 11.7. The highest BCUT2D eigenvalue weighted by molar-refractivity contribution is 8.00. The largest absolute Gasteiger partial charge is 0.368 e. The van der Waals surface area contributed by atoms with Crippen LogP contribution in [0.5, 0.6) is 0 Å². The second-order valence-corrected chi connectivity index (χ2v) is 10.4. The van der Waals surface area contributed by atoms with Crippen LogP contribution in [0.3, 0.4) is 0 Å². The van der Waals surface area contributed by atoms with Crippen LogP contribution in [0.2, 0.25) is 0 Å². The lowest BCUT2D eigenvalue weighted by Gasteiger charge is -2.41. The number of thioether (sulfide) groups is 1. The molecule has 0 bridgehead atoms. The summed E-state index contributed by atoms with van der Waals surface area (Å²) < 4.78 is 5.38. The molecule has 2 saturated heterocycles. The lowest BCUT2D eigenvalue weighted by molar-refractivity contribution is -0.121. The average Bonchev–Trinajstić information content (AvgIpc) is 3.14. The predicted octanol–water partition coefficient (Wildman–Crippen LogP) is 0.665. The molecular weight excluding hydrogens is 416 g/mol. The minimum Gasteiger partial charge on any atom is -0.368 e. The van der Waals surface area contributed by atoms with Gasteiger partial charge in [-0.2, -0.15) is 0 Å². The highest BCUT2D eigenvalue weighted by Crippen LogP contribution is 2.31. The van der Waals surface area contributed by atoms with E-state index in [9.17, 15) is 9.90 Å². The molecule has 1 aliphatic carbocycles. The fourth-order valence-electron chi connectivity index (χ4n) is 4.66. The second kappa shape index (κ2) is 12.7. The summed E-state index contributed by atoms with van der Waals surface area (Å²) in [6.45, 7) is 6.49. The van der Waals surface area contributed by atoms with Crippen molar-refractivity contribution < 1.29 is 14.6 Å². The summed E-state index contributed by atoms with van der Waals surface area (Å²) in [5.74, 6) is 0.153. The van der Waals surface area contributed by atoms with Gasteiger partial charge in [-0.3, -0.25) is 26.2 Å². The van der Waals surface area contributed by atoms with E-state index >= 15 is 0 Å². The first-order valence-electron chi connectivity index (χ1n) is 12.0. The number of rotatable bonds is 10. The topological polar surface area (TPSA) is 119 Å². The second-order valence-electron chi connectivity index (χ2n) is 9.02. The van der Waals surface area contributed by atoms with Crippen molar-refractivity contribution in [3.8, 4) is 0 Å². The Labute approximate surface area is 190 Å². The lowest BCUT2D eigenvalue weighted by atomic mass is 9.95. The molecule has 3 rings (SSSR count). The van der Waals surface area contributed by atoms with Gasteiger partial charge in [-0.1, -0.05) is 6.92 Å². The summed E-state index contributed by atoms with van der Waals surface area (Å²) in [6, 6.07) is 0.941. The maximum Gasteiger partial charge on any atom is 0.219 e. The number of aliphatic hydroxyl groups is 1. The zero-order valence-electron chi connectivity index (χ0n) is 19.2. The molecule has 1 saturated carbocycles. The first-order valence-corrected chi connectivity index (χ1v) is 12.9. The number of hydrogen-bond donors (Lipinski definition) is 7. The Bertz CT molecular complexity index is 551. The summed E-state index contributed by atoms with van der Waals surface area (Å²) >= 11 is 1.94. The van der Waals surface area contributed by atoms with Crippen LogP contribution in [0.25, 0.3) is 0 Å². The maximum absolute atomic E-state index is 11.7. The van der Waals surface area contributed by atoms with Crippen LogP contribution in [-0.2, 0) is 9.53 Å². The first kappa shape index (κ1) is 25.2. The van der Waals surface area contributed by atoms with Crippen molar-refractivity contribution in [2.75, 3.05) is 6.61 Å². The molecule has 0 aromatic rings. The van der Waals surface area contributed by atoms with Crippen molar-refractivity contribution in [2.45, 2.75) is 120 Å². The van der Waals surface area contributed by atoms with Crippen molar-refractivity contribution >= 4 is 17.7 Å². The fraction of sp³-hybridized carbons (Fsp3) is 0.952. The van der Waals surface area contributed by atoms with E-state index in [1.807, 2.05) is 25.6 Å². The standard InChI is InChI=1S/C21H42N6O3S/c1-4-19(28)22-14-6-8-16(9-7-14)31-21-23-15(12-20(29)30-5-2)11-17(25-21)24-18-10-13(3)26-27-18/h13-18,20-21,23-27,29H,4-12H2,1-3H3,(H,22,28)/t13?,14?,15?,16?,17?,18?,20?,21-/m0/s1. The van der Waals surface area contributed by atoms with E-state index in [1.165, 1.54) is 0 Å². The van der Waals surface area contributed by atoms with Crippen LogP contribution in [0, 0.1) is 0 Å². The van der Waals surface area contributed by atoms with E-state index in [2.05, 4.69) is 39.0 Å². The molecule has 7 N–H and O–H groups in total.